The molecule has 134 valence electrons. The highest BCUT2D eigenvalue weighted by Crippen LogP contribution is 2.36. The van der Waals surface area contributed by atoms with Gasteiger partial charge >= 0.3 is 0 Å². The fraction of sp³-hybridized carbons (Fsp3) is 0.190. The SMILES string of the molecule is Cc1nn(-c2nc3ccccc3s2)c2c1C(=O)C[C@H](c1ccc(Cl)cc1)C2. The fourth-order valence-corrected chi connectivity index (χ4v) is 4.91. The van der Waals surface area contributed by atoms with Gasteiger partial charge in [-0.3, -0.25) is 4.79 Å². The minimum Gasteiger partial charge on any atom is -0.294 e. The van der Waals surface area contributed by atoms with E-state index in [0.29, 0.717) is 11.4 Å². The van der Waals surface area contributed by atoms with Crippen LogP contribution in [0.2, 0.25) is 5.02 Å². The van der Waals surface area contributed by atoms with Crippen LogP contribution in [0.1, 0.15) is 39.6 Å². The molecule has 1 aliphatic carbocycles. The van der Waals surface area contributed by atoms with Gasteiger partial charge in [0.1, 0.15) is 0 Å². The molecule has 5 rings (SSSR count). The second-order valence-corrected chi connectivity index (χ2v) is 8.31. The van der Waals surface area contributed by atoms with Crippen LogP contribution in [-0.4, -0.2) is 20.5 Å². The number of benzene rings is 2. The average Bonchev–Trinajstić information content (AvgIpc) is 3.23. The molecule has 0 unspecified atom stereocenters. The van der Waals surface area contributed by atoms with Crippen LogP contribution in [-0.2, 0) is 6.42 Å². The van der Waals surface area contributed by atoms with E-state index < -0.39 is 0 Å². The summed E-state index contributed by atoms with van der Waals surface area (Å²) in [6, 6.07) is 15.8. The molecule has 27 heavy (non-hydrogen) atoms. The zero-order valence-electron chi connectivity index (χ0n) is 14.6. The summed E-state index contributed by atoms with van der Waals surface area (Å²) in [6.45, 7) is 1.91. The summed E-state index contributed by atoms with van der Waals surface area (Å²) >= 11 is 7.62. The smallest absolute Gasteiger partial charge is 0.211 e. The maximum absolute atomic E-state index is 12.9. The Bertz CT molecular complexity index is 1140. The van der Waals surface area contributed by atoms with Gasteiger partial charge in [-0.2, -0.15) is 5.10 Å². The first kappa shape index (κ1) is 16.7. The zero-order chi connectivity index (χ0) is 18.5. The molecule has 4 nitrogen and oxygen atoms in total. The lowest BCUT2D eigenvalue weighted by atomic mass is 9.81. The van der Waals surface area contributed by atoms with E-state index in [9.17, 15) is 4.79 Å². The lowest BCUT2D eigenvalue weighted by Gasteiger charge is -2.22. The molecule has 0 saturated carbocycles. The molecule has 2 heterocycles. The number of carbonyl (C=O) groups excluding carboxylic acids is 1. The normalized spacial score (nSPS) is 16.7. The molecule has 0 spiro atoms. The molecule has 0 aliphatic heterocycles. The molecular formula is C21H16ClN3OS. The maximum Gasteiger partial charge on any atom is 0.211 e. The molecule has 0 radical (unpaired) electrons. The number of halogens is 1. The van der Waals surface area contributed by atoms with Crippen LogP contribution in [0.25, 0.3) is 15.3 Å². The Kier molecular flexibility index (Phi) is 3.88. The van der Waals surface area contributed by atoms with E-state index in [1.807, 2.05) is 54.1 Å². The molecule has 0 bridgehead atoms. The Morgan fingerprint density at radius 2 is 1.89 bits per heavy atom. The number of rotatable bonds is 2. The molecule has 0 N–H and O–H groups in total. The lowest BCUT2D eigenvalue weighted by molar-refractivity contribution is 0.0963. The van der Waals surface area contributed by atoms with Crippen LogP contribution in [0.3, 0.4) is 0 Å². The first-order valence-electron chi connectivity index (χ1n) is 8.83. The first-order valence-corrected chi connectivity index (χ1v) is 10.0. The van der Waals surface area contributed by atoms with E-state index in [1.54, 1.807) is 11.3 Å². The van der Waals surface area contributed by atoms with Crippen molar-refractivity contribution in [1.82, 2.24) is 14.8 Å². The molecule has 2 aromatic heterocycles. The number of nitrogens with zero attached hydrogens (tertiary/aromatic N) is 3. The molecular weight excluding hydrogens is 378 g/mol. The standard InChI is InChI=1S/C21H16ClN3OS/c1-12-20-17(10-14(11-18(20)26)13-6-8-15(22)9-7-13)25(24-12)21-23-16-4-2-3-5-19(16)27-21/h2-9,14H,10-11H2,1H3/t14-/m1/s1. The minimum absolute atomic E-state index is 0.131. The summed E-state index contributed by atoms with van der Waals surface area (Å²) in [5, 5.41) is 6.19. The highest BCUT2D eigenvalue weighted by molar-refractivity contribution is 7.20. The maximum atomic E-state index is 12.9. The van der Waals surface area contributed by atoms with Gasteiger partial charge in [-0.05, 0) is 49.1 Å². The van der Waals surface area contributed by atoms with Crippen molar-refractivity contribution in [1.29, 1.82) is 0 Å². The summed E-state index contributed by atoms with van der Waals surface area (Å²) in [5.74, 6) is 0.285. The molecule has 1 aliphatic rings. The van der Waals surface area contributed by atoms with Crippen LogP contribution < -0.4 is 0 Å². The summed E-state index contributed by atoms with van der Waals surface area (Å²) in [6.07, 6.45) is 1.26. The van der Waals surface area contributed by atoms with E-state index >= 15 is 0 Å². The van der Waals surface area contributed by atoms with Crippen molar-refractivity contribution < 1.29 is 4.79 Å². The monoisotopic (exact) mass is 393 g/mol. The number of fused-ring (bicyclic) bond motifs is 2. The number of ketones is 1. The van der Waals surface area contributed by atoms with E-state index in [4.69, 9.17) is 16.6 Å². The van der Waals surface area contributed by atoms with Gasteiger partial charge in [-0.1, -0.05) is 47.2 Å². The number of thiazole rings is 1. The van der Waals surface area contributed by atoms with E-state index in [0.717, 1.165) is 44.3 Å². The molecule has 4 aromatic rings. The summed E-state index contributed by atoms with van der Waals surface area (Å²) in [7, 11) is 0. The molecule has 1 atom stereocenters. The second kappa shape index (κ2) is 6.29. The van der Waals surface area contributed by atoms with Gasteiger partial charge in [0.2, 0.25) is 5.13 Å². The van der Waals surface area contributed by atoms with E-state index in [1.165, 1.54) is 0 Å². The third kappa shape index (κ3) is 2.78. The van der Waals surface area contributed by atoms with Gasteiger partial charge < -0.3 is 0 Å². The number of hydrogen-bond donors (Lipinski definition) is 0. The second-order valence-electron chi connectivity index (χ2n) is 6.86. The Morgan fingerprint density at radius 1 is 1.11 bits per heavy atom. The van der Waals surface area contributed by atoms with Crippen molar-refractivity contribution in [3.8, 4) is 5.13 Å². The zero-order valence-corrected chi connectivity index (χ0v) is 16.2. The topological polar surface area (TPSA) is 47.8 Å². The molecule has 6 heteroatoms. The first-order chi connectivity index (χ1) is 13.1. The minimum atomic E-state index is 0.131. The van der Waals surface area contributed by atoms with Crippen LogP contribution in [0.15, 0.2) is 48.5 Å². The number of Topliss-reactive ketones (excluding diaryl/α,β-unsaturated/α-hetero) is 1. The van der Waals surface area contributed by atoms with Crippen LogP contribution in [0.4, 0.5) is 0 Å². The van der Waals surface area contributed by atoms with Gasteiger partial charge in [0.15, 0.2) is 5.78 Å². The van der Waals surface area contributed by atoms with Gasteiger partial charge in [-0.25, -0.2) is 9.67 Å². The Hall–Kier alpha value is -2.50. The highest BCUT2D eigenvalue weighted by atomic mass is 35.5. The Labute approximate surface area is 165 Å². The third-order valence-corrected chi connectivity index (χ3v) is 6.38. The average molecular weight is 394 g/mol. The van der Waals surface area contributed by atoms with Crippen molar-refractivity contribution >= 4 is 38.9 Å². The van der Waals surface area contributed by atoms with Crippen molar-refractivity contribution in [2.45, 2.75) is 25.7 Å². The fourth-order valence-electron chi connectivity index (χ4n) is 3.84. The van der Waals surface area contributed by atoms with Gasteiger partial charge in [0, 0.05) is 11.4 Å². The predicted molar refractivity (Wildman–Crippen MR) is 108 cm³/mol. The van der Waals surface area contributed by atoms with Gasteiger partial charge in [0.05, 0.1) is 27.2 Å². The van der Waals surface area contributed by atoms with Crippen LogP contribution in [0.5, 0.6) is 0 Å². The van der Waals surface area contributed by atoms with Gasteiger partial charge in [0.25, 0.3) is 0 Å². The number of carbonyl (C=O) groups is 1. The molecule has 0 amide bonds. The number of para-hydroxylation sites is 1. The Morgan fingerprint density at radius 3 is 2.67 bits per heavy atom. The number of aryl methyl sites for hydroxylation is 1. The van der Waals surface area contributed by atoms with Crippen molar-refractivity contribution in [3.63, 3.8) is 0 Å². The largest absolute Gasteiger partial charge is 0.294 e. The molecule has 0 fully saturated rings. The quantitative estimate of drug-likeness (QED) is 0.460. The lowest BCUT2D eigenvalue weighted by Crippen LogP contribution is -2.20. The van der Waals surface area contributed by atoms with Crippen molar-refractivity contribution in [3.05, 3.63) is 76.1 Å². The number of aromatic nitrogens is 3. The third-order valence-electron chi connectivity index (χ3n) is 5.11. The van der Waals surface area contributed by atoms with E-state index in [2.05, 4.69) is 11.2 Å². The van der Waals surface area contributed by atoms with Crippen molar-refractivity contribution in [2.75, 3.05) is 0 Å². The summed E-state index contributed by atoms with van der Waals surface area (Å²) in [4.78, 5) is 17.6. The van der Waals surface area contributed by atoms with Gasteiger partial charge in [-0.15, -0.1) is 0 Å². The predicted octanol–water partition coefficient (Wildman–Crippen LogP) is 5.36. The molecule has 0 saturated heterocycles. The Balaban J connectivity index is 1.61. The van der Waals surface area contributed by atoms with Crippen LogP contribution in [0, 0.1) is 6.92 Å². The summed E-state index contributed by atoms with van der Waals surface area (Å²) in [5.41, 5.74) is 4.59. The highest BCUT2D eigenvalue weighted by Gasteiger charge is 2.32. The van der Waals surface area contributed by atoms with Crippen LogP contribution >= 0.6 is 22.9 Å². The summed E-state index contributed by atoms with van der Waals surface area (Å²) < 4.78 is 2.99. The molecule has 2 aromatic carbocycles. The number of hydrogen-bond acceptors (Lipinski definition) is 4. The van der Waals surface area contributed by atoms with E-state index in [-0.39, 0.29) is 11.7 Å². The van der Waals surface area contributed by atoms with Crippen molar-refractivity contribution in [2.24, 2.45) is 0 Å².